The van der Waals surface area contributed by atoms with Gasteiger partial charge in [-0.1, -0.05) is 42.0 Å². The van der Waals surface area contributed by atoms with Crippen LogP contribution in [0.4, 0.5) is 5.69 Å². The van der Waals surface area contributed by atoms with Crippen LogP contribution in [-0.2, 0) is 4.79 Å². The molecule has 3 nitrogen and oxygen atoms in total. The minimum Gasteiger partial charge on any atom is -0.319 e. The average molecular weight is 369 g/mol. The molecule has 0 aliphatic carbocycles. The zero-order valence-electron chi connectivity index (χ0n) is 14.5. The quantitative estimate of drug-likeness (QED) is 0.735. The molecule has 2 saturated heterocycles. The molecule has 0 saturated carbocycles. The highest BCUT2D eigenvalue weighted by molar-refractivity contribution is 7.99. The summed E-state index contributed by atoms with van der Waals surface area (Å²) in [6.45, 7) is 6.15. The van der Waals surface area contributed by atoms with Gasteiger partial charge in [-0.05, 0) is 55.7 Å². The van der Waals surface area contributed by atoms with E-state index in [9.17, 15) is 4.79 Å². The molecule has 25 heavy (non-hydrogen) atoms. The zero-order valence-corrected chi connectivity index (χ0v) is 16.2. The third kappa shape index (κ3) is 2.66. The molecule has 2 heterocycles. The summed E-state index contributed by atoms with van der Waals surface area (Å²) in [4.78, 5) is 16.9. The van der Waals surface area contributed by atoms with E-state index < -0.39 is 0 Å². The molecule has 0 spiro atoms. The van der Waals surface area contributed by atoms with E-state index >= 15 is 0 Å². The lowest BCUT2D eigenvalue weighted by molar-refractivity contribution is -0.119. The molecule has 0 N–H and O–H groups in total. The van der Waals surface area contributed by atoms with Crippen LogP contribution in [0.25, 0.3) is 0 Å². The second kappa shape index (κ2) is 6.15. The molecular formula is C20H20N2OS2. The number of hydrogen-bond donors (Lipinski definition) is 0. The van der Waals surface area contributed by atoms with Gasteiger partial charge in [0, 0.05) is 5.75 Å². The normalized spacial score (nSPS) is 22.7. The van der Waals surface area contributed by atoms with Crippen LogP contribution in [0.3, 0.4) is 0 Å². The highest BCUT2D eigenvalue weighted by Gasteiger charge is 2.51. The first-order valence-electron chi connectivity index (χ1n) is 8.39. The van der Waals surface area contributed by atoms with Crippen molar-refractivity contribution in [2.45, 2.75) is 32.2 Å². The van der Waals surface area contributed by atoms with E-state index in [1.54, 1.807) is 16.7 Å². The zero-order chi connectivity index (χ0) is 17.7. The molecule has 0 aromatic heterocycles. The number of nitrogens with zero attached hydrogens (tertiary/aromatic N) is 2. The fourth-order valence-electron chi connectivity index (χ4n) is 3.46. The second-order valence-electron chi connectivity index (χ2n) is 6.77. The molecule has 0 radical (unpaired) electrons. The number of carbonyl (C=O) groups is 1. The summed E-state index contributed by atoms with van der Waals surface area (Å²) in [5.41, 5.74) is 5.56. The molecule has 4 rings (SSSR count). The van der Waals surface area contributed by atoms with E-state index in [2.05, 4.69) is 54.3 Å². The maximum atomic E-state index is 13.1. The maximum Gasteiger partial charge on any atom is 0.257 e. The number of fused-ring (bicyclic) bond motifs is 1. The molecule has 2 aromatic rings. The van der Waals surface area contributed by atoms with E-state index in [4.69, 9.17) is 12.2 Å². The van der Waals surface area contributed by atoms with Gasteiger partial charge in [0.15, 0.2) is 5.11 Å². The molecule has 5 heteroatoms. The van der Waals surface area contributed by atoms with E-state index in [0.717, 1.165) is 22.6 Å². The Balaban J connectivity index is 1.71. The Morgan fingerprint density at radius 2 is 1.72 bits per heavy atom. The predicted octanol–water partition coefficient (Wildman–Crippen LogP) is 4.36. The van der Waals surface area contributed by atoms with E-state index in [-0.39, 0.29) is 17.3 Å². The van der Waals surface area contributed by atoms with Crippen molar-refractivity contribution in [1.82, 2.24) is 4.90 Å². The Kier molecular flexibility index (Phi) is 4.08. The summed E-state index contributed by atoms with van der Waals surface area (Å²) >= 11 is 7.56. The maximum absolute atomic E-state index is 13.1. The molecule has 0 bridgehead atoms. The fraction of sp³-hybridized carbons (Fsp3) is 0.300. The van der Waals surface area contributed by atoms with E-state index in [1.807, 2.05) is 13.8 Å². The number of anilines is 1. The SMILES string of the molecule is Cc1ccc(C2SCC3C(=O)N(c4cc(C)ccc4C)C(=S)N32)cc1. The molecule has 2 aliphatic rings. The number of benzene rings is 2. The van der Waals surface area contributed by atoms with Crippen molar-refractivity contribution < 1.29 is 4.79 Å². The van der Waals surface area contributed by atoms with Gasteiger partial charge in [-0.2, -0.15) is 0 Å². The Labute approximate surface area is 158 Å². The number of hydrogen-bond acceptors (Lipinski definition) is 3. The third-order valence-corrected chi connectivity index (χ3v) is 6.60. The second-order valence-corrected chi connectivity index (χ2v) is 8.24. The fourth-order valence-corrected chi connectivity index (χ4v) is 5.37. The van der Waals surface area contributed by atoms with Gasteiger partial charge in [-0.15, -0.1) is 11.8 Å². The van der Waals surface area contributed by atoms with Crippen LogP contribution in [0.2, 0.25) is 0 Å². The van der Waals surface area contributed by atoms with Crippen LogP contribution < -0.4 is 4.90 Å². The Hall–Kier alpha value is -1.85. The average Bonchev–Trinajstić information content (AvgIpc) is 3.12. The lowest BCUT2D eigenvalue weighted by atomic mass is 10.1. The first-order chi connectivity index (χ1) is 12.0. The van der Waals surface area contributed by atoms with Gasteiger partial charge in [0.05, 0.1) is 5.69 Å². The highest BCUT2D eigenvalue weighted by atomic mass is 32.2. The summed E-state index contributed by atoms with van der Waals surface area (Å²) in [6.07, 6.45) is 0. The van der Waals surface area contributed by atoms with Crippen molar-refractivity contribution >= 4 is 40.7 Å². The minimum absolute atomic E-state index is 0.0980. The van der Waals surface area contributed by atoms with Crippen LogP contribution in [0.5, 0.6) is 0 Å². The van der Waals surface area contributed by atoms with Crippen LogP contribution in [0.1, 0.15) is 27.6 Å². The topological polar surface area (TPSA) is 23.6 Å². The van der Waals surface area contributed by atoms with Gasteiger partial charge in [0.1, 0.15) is 11.4 Å². The Morgan fingerprint density at radius 1 is 1.04 bits per heavy atom. The smallest absolute Gasteiger partial charge is 0.257 e. The number of aryl methyl sites for hydroxylation is 3. The van der Waals surface area contributed by atoms with Gasteiger partial charge < -0.3 is 4.90 Å². The first-order valence-corrected chi connectivity index (χ1v) is 9.85. The minimum atomic E-state index is -0.163. The molecule has 1 amide bonds. The summed E-state index contributed by atoms with van der Waals surface area (Å²) in [5.74, 6) is 0.875. The molecule has 2 unspecified atom stereocenters. The van der Waals surface area contributed by atoms with Gasteiger partial charge >= 0.3 is 0 Å². The van der Waals surface area contributed by atoms with Crippen molar-refractivity contribution in [3.63, 3.8) is 0 Å². The molecule has 2 aliphatic heterocycles. The standard InChI is InChI=1S/C20H20N2OS2/c1-12-5-8-15(9-6-12)19-22-17(11-25-19)18(23)21(20(22)24)16-10-13(2)4-7-14(16)3/h4-10,17,19H,11H2,1-3H3. The van der Waals surface area contributed by atoms with Crippen LogP contribution in [0, 0.1) is 20.8 Å². The monoisotopic (exact) mass is 368 g/mol. The summed E-state index contributed by atoms with van der Waals surface area (Å²) in [6, 6.07) is 14.5. The summed E-state index contributed by atoms with van der Waals surface area (Å²) in [7, 11) is 0. The molecule has 2 atom stereocenters. The Bertz CT molecular complexity index is 862. The lowest BCUT2D eigenvalue weighted by Crippen LogP contribution is -2.34. The number of thiocarbonyl (C=S) groups is 1. The van der Waals surface area contributed by atoms with Crippen molar-refractivity contribution in [3.05, 3.63) is 64.7 Å². The van der Waals surface area contributed by atoms with Crippen molar-refractivity contribution in [1.29, 1.82) is 0 Å². The largest absolute Gasteiger partial charge is 0.319 e. The van der Waals surface area contributed by atoms with Crippen molar-refractivity contribution in [2.75, 3.05) is 10.7 Å². The molecular weight excluding hydrogens is 348 g/mol. The summed E-state index contributed by atoms with van der Waals surface area (Å²) < 4.78 is 0. The van der Waals surface area contributed by atoms with Crippen LogP contribution in [-0.4, -0.2) is 27.7 Å². The van der Waals surface area contributed by atoms with E-state index in [0.29, 0.717) is 5.11 Å². The third-order valence-electron chi connectivity index (χ3n) is 4.89. The van der Waals surface area contributed by atoms with Crippen LogP contribution >= 0.6 is 24.0 Å². The van der Waals surface area contributed by atoms with Gasteiger partial charge in [0.25, 0.3) is 5.91 Å². The van der Waals surface area contributed by atoms with Crippen molar-refractivity contribution in [3.8, 4) is 0 Å². The Morgan fingerprint density at radius 3 is 2.44 bits per heavy atom. The molecule has 2 fully saturated rings. The first kappa shape index (κ1) is 16.6. The predicted molar refractivity (Wildman–Crippen MR) is 108 cm³/mol. The number of amides is 1. The number of carbonyl (C=O) groups excluding carboxylic acids is 1. The highest BCUT2D eigenvalue weighted by Crippen LogP contribution is 2.46. The van der Waals surface area contributed by atoms with Gasteiger partial charge in [-0.3, -0.25) is 9.69 Å². The number of thioether (sulfide) groups is 1. The van der Waals surface area contributed by atoms with Crippen LogP contribution in [0.15, 0.2) is 42.5 Å². The summed E-state index contributed by atoms with van der Waals surface area (Å²) in [5, 5.41) is 0.733. The van der Waals surface area contributed by atoms with Crippen molar-refractivity contribution in [2.24, 2.45) is 0 Å². The van der Waals surface area contributed by atoms with Gasteiger partial charge in [-0.25, -0.2) is 0 Å². The van der Waals surface area contributed by atoms with Gasteiger partial charge in [0.2, 0.25) is 0 Å². The lowest BCUT2D eigenvalue weighted by Gasteiger charge is -2.26. The molecule has 2 aromatic carbocycles. The molecule has 128 valence electrons. The number of rotatable bonds is 2. The van der Waals surface area contributed by atoms with E-state index in [1.165, 1.54) is 11.1 Å².